The number of likely N-dealkylation sites (N-methyl/N-ethyl adjacent to an activating group) is 1. The van der Waals surface area contributed by atoms with Crippen LogP contribution in [0.25, 0.3) is 0 Å². The first-order valence-corrected chi connectivity index (χ1v) is 6.83. The van der Waals surface area contributed by atoms with Crippen LogP contribution >= 0.6 is 0 Å². The molecule has 108 valence electrons. The summed E-state index contributed by atoms with van der Waals surface area (Å²) in [6.45, 7) is 8.35. The van der Waals surface area contributed by atoms with Crippen LogP contribution < -0.4 is 0 Å². The first-order valence-electron chi connectivity index (χ1n) is 6.83. The number of benzene rings is 1. The maximum atomic E-state index is 12.9. The molecule has 4 heteroatoms. The molecule has 2 atom stereocenters. The van der Waals surface area contributed by atoms with Gasteiger partial charge in [0.15, 0.2) is 0 Å². The summed E-state index contributed by atoms with van der Waals surface area (Å²) in [6.07, 6.45) is -0.497. The monoisotopic (exact) mass is 269 g/mol. The molecule has 19 heavy (non-hydrogen) atoms. The molecule has 0 aliphatic carbocycles. The van der Waals surface area contributed by atoms with Gasteiger partial charge in [0.2, 0.25) is 0 Å². The largest absolute Gasteiger partial charge is 0.389 e. The van der Waals surface area contributed by atoms with Gasteiger partial charge in [-0.3, -0.25) is 4.90 Å². The van der Waals surface area contributed by atoms with Crippen molar-refractivity contribution in [1.82, 2.24) is 4.90 Å². The van der Waals surface area contributed by atoms with Gasteiger partial charge in [-0.25, -0.2) is 4.39 Å². The maximum absolute atomic E-state index is 12.9. The van der Waals surface area contributed by atoms with E-state index in [-0.39, 0.29) is 11.9 Å². The van der Waals surface area contributed by atoms with Gasteiger partial charge in [-0.2, -0.15) is 0 Å². The van der Waals surface area contributed by atoms with Crippen LogP contribution in [0.2, 0.25) is 0 Å². The van der Waals surface area contributed by atoms with Gasteiger partial charge in [0.25, 0.3) is 0 Å². The van der Waals surface area contributed by atoms with E-state index in [2.05, 4.69) is 11.8 Å². The van der Waals surface area contributed by atoms with Crippen LogP contribution in [0, 0.1) is 5.82 Å². The van der Waals surface area contributed by atoms with E-state index in [4.69, 9.17) is 4.74 Å². The van der Waals surface area contributed by atoms with Gasteiger partial charge < -0.3 is 9.84 Å². The Hall–Kier alpha value is -0.970. The molecule has 3 nitrogen and oxygen atoms in total. The van der Waals surface area contributed by atoms with Gasteiger partial charge in [0.1, 0.15) is 5.82 Å². The summed E-state index contributed by atoms with van der Waals surface area (Å²) in [7, 11) is 0. The van der Waals surface area contributed by atoms with Crippen molar-refractivity contribution in [3.63, 3.8) is 0 Å². The summed E-state index contributed by atoms with van der Waals surface area (Å²) in [5, 5.41) is 9.90. The lowest BCUT2D eigenvalue weighted by atomic mass is 10.1. The molecule has 0 aromatic heterocycles. The van der Waals surface area contributed by atoms with E-state index < -0.39 is 6.10 Å². The van der Waals surface area contributed by atoms with E-state index in [9.17, 15) is 9.50 Å². The van der Waals surface area contributed by atoms with Crippen LogP contribution in [0.3, 0.4) is 0 Å². The van der Waals surface area contributed by atoms with Crippen LogP contribution in [-0.4, -0.2) is 42.4 Å². The van der Waals surface area contributed by atoms with Crippen LogP contribution in [0.1, 0.15) is 32.4 Å². The van der Waals surface area contributed by atoms with E-state index in [0.717, 1.165) is 12.1 Å². The van der Waals surface area contributed by atoms with Crippen LogP contribution in [0.15, 0.2) is 24.3 Å². The highest BCUT2D eigenvalue weighted by atomic mass is 19.1. The molecule has 1 N–H and O–H groups in total. The summed E-state index contributed by atoms with van der Waals surface area (Å²) in [6, 6.07) is 6.66. The zero-order chi connectivity index (χ0) is 14.3. The highest BCUT2D eigenvalue weighted by Crippen LogP contribution is 2.20. The van der Waals surface area contributed by atoms with Crippen LogP contribution in [0.4, 0.5) is 4.39 Å². The molecule has 0 spiro atoms. The smallest absolute Gasteiger partial charge is 0.123 e. The Kier molecular flexibility index (Phi) is 6.99. The number of halogens is 1. The minimum atomic E-state index is -0.497. The molecule has 1 rings (SSSR count). The van der Waals surface area contributed by atoms with Crippen molar-refractivity contribution in [2.24, 2.45) is 0 Å². The average molecular weight is 269 g/mol. The lowest BCUT2D eigenvalue weighted by Gasteiger charge is -2.30. The van der Waals surface area contributed by atoms with Gasteiger partial charge in [-0.15, -0.1) is 0 Å². The summed E-state index contributed by atoms with van der Waals surface area (Å²) < 4.78 is 18.1. The topological polar surface area (TPSA) is 32.7 Å². The van der Waals surface area contributed by atoms with Gasteiger partial charge in [-0.05, 0) is 38.1 Å². The third-order valence-corrected chi connectivity index (χ3v) is 3.27. The van der Waals surface area contributed by atoms with Gasteiger partial charge >= 0.3 is 0 Å². The van der Waals surface area contributed by atoms with Crippen molar-refractivity contribution < 1.29 is 14.2 Å². The van der Waals surface area contributed by atoms with Crippen molar-refractivity contribution in [3.8, 4) is 0 Å². The minimum Gasteiger partial charge on any atom is -0.389 e. The van der Waals surface area contributed by atoms with E-state index in [1.54, 1.807) is 12.1 Å². The minimum absolute atomic E-state index is 0.141. The van der Waals surface area contributed by atoms with E-state index >= 15 is 0 Å². The number of hydrogen-bond acceptors (Lipinski definition) is 3. The van der Waals surface area contributed by atoms with Crippen molar-refractivity contribution >= 4 is 0 Å². The van der Waals surface area contributed by atoms with Crippen LogP contribution in [-0.2, 0) is 4.74 Å². The number of ether oxygens (including phenoxy) is 1. The van der Waals surface area contributed by atoms with E-state index in [1.807, 2.05) is 13.8 Å². The normalized spacial score (nSPS) is 14.6. The Balaban J connectivity index is 2.60. The molecule has 0 aliphatic heterocycles. The van der Waals surface area contributed by atoms with Crippen molar-refractivity contribution in [2.45, 2.75) is 32.9 Å². The predicted molar refractivity (Wildman–Crippen MR) is 74.6 cm³/mol. The molecule has 0 radical (unpaired) electrons. The van der Waals surface area contributed by atoms with Crippen molar-refractivity contribution in [2.75, 3.05) is 26.3 Å². The molecule has 0 unspecified atom stereocenters. The molecule has 0 aliphatic rings. The molecule has 0 saturated carbocycles. The molecule has 0 saturated heterocycles. The van der Waals surface area contributed by atoms with Crippen molar-refractivity contribution in [1.29, 1.82) is 0 Å². The second-order valence-electron chi connectivity index (χ2n) is 4.63. The van der Waals surface area contributed by atoms with Gasteiger partial charge in [0.05, 0.1) is 12.7 Å². The molecule has 1 aromatic carbocycles. The van der Waals surface area contributed by atoms with Crippen molar-refractivity contribution in [3.05, 3.63) is 35.6 Å². The Morgan fingerprint density at radius 3 is 2.42 bits per heavy atom. The predicted octanol–water partition coefficient (Wildman–Crippen LogP) is 2.61. The zero-order valence-corrected chi connectivity index (χ0v) is 12.0. The fourth-order valence-corrected chi connectivity index (χ4v) is 2.09. The molecule has 0 fully saturated rings. The quantitative estimate of drug-likeness (QED) is 0.787. The van der Waals surface area contributed by atoms with E-state index in [0.29, 0.717) is 19.8 Å². The lowest BCUT2D eigenvalue weighted by Crippen LogP contribution is -2.36. The Morgan fingerprint density at radius 1 is 1.26 bits per heavy atom. The Bertz CT molecular complexity index is 356. The highest BCUT2D eigenvalue weighted by Gasteiger charge is 2.17. The van der Waals surface area contributed by atoms with Gasteiger partial charge in [-0.1, -0.05) is 19.1 Å². The Labute approximate surface area is 115 Å². The number of rotatable bonds is 8. The average Bonchev–Trinajstić information content (AvgIpc) is 2.42. The second-order valence-corrected chi connectivity index (χ2v) is 4.63. The summed E-state index contributed by atoms with van der Waals surface area (Å²) in [5.74, 6) is -0.227. The van der Waals surface area contributed by atoms with Crippen LogP contribution in [0.5, 0.6) is 0 Å². The SMILES string of the molecule is CCOC[C@@H](O)CN(CC)[C@@H](C)c1ccc(F)cc1. The third kappa shape index (κ3) is 5.27. The summed E-state index contributed by atoms with van der Waals surface area (Å²) >= 11 is 0. The fourth-order valence-electron chi connectivity index (χ4n) is 2.09. The first-order chi connectivity index (χ1) is 9.08. The second kappa shape index (κ2) is 8.25. The number of aliphatic hydroxyl groups excluding tert-OH is 1. The van der Waals surface area contributed by atoms with Gasteiger partial charge in [0, 0.05) is 19.2 Å². The van der Waals surface area contributed by atoms with E-state index in [1.165, 1.54) is 12.1 Å². The molecule has 1 aromatic rings. The standard InChI is InChI=1S/C15H24FNO2/c1-4-17(10-15(18)11-19-5-2)12(3)13-6-8-14(16)9-7-13/h6-9,12,15,18H,4-5,10-11H2,1-3H3/t12-,15-/m0/s1. The number of hydrogen-bond donors (Lipinski definition) is 1. The third-order valence-electron chi connectivity index (χ3n) is 3.27. The molecule has 0 amide bonds. The molecular weight excluding hydrogens is 245 g/mol. The maximum Gasteiger partial charge on any atom is 0.123 e. The first kappa shape index (κ1) is 16.1. The molecule has 0 bridgehead atoms. The highest BCUT2D eigenvalue weighted by molar-refractivity contribution is 5.19. The molecular formula is C15H24FNO2. The lowest BCUT2D eigenvalue weighted by molar-refractivity contribution is 0.0147. The zero-order valence-electron chi connectivity index (χ0n) is 12.0. The summed E-state index contributed by atoms with van der Waals surface area (Å²) in [5.41, 5.74) is 1.05. The fraction of sp³-hybridized carbons (Fsp3) is 0.600. The number of aliphatic hydroxyl groups is 1. The summed E-state index contributed by atoms with van der Waals surface area (Å²) in [4.78, 5) is 2.15. The molecule has 0 heterocycles. The number of nitrogens with zero attached hydrogens (tertiary/aromatic N) is 1. The Morgan fingerprint density at radius 2 is 1.89 bits per heavy atom.